The Morgan fingerprint density at radius 2 is 1.93 bits per heavy atom. The Kier molecular flexibility index (Phi) is 3.68. The fourth-order valence-corrected chi connectivity index (χ4v) is 3.04. The monoisotopic (exact) mass is 210 g/mol. The first-order chi connectivity index (χ1) is 7.18. The summed E-state index contributed by atoms with van der Waals surface area (Å²) >= 11 is 0. The number of piperazine rings is 1. The van der Waals surface area contributed by atoms with E-state index in [-0.39, 0.29) is 0 Å². The van der Waals surface area contributed by atoms with Crippen LogP contribution in [0.25, 0.3) is 0 Å². The molecular weight excluding hydrogens is 184 g/mol. The van der Waals surface area contributed by atoms with Gasteiger partial charge in [0, 0.05) is 31.7 Å². The third-order valence-corrected chi connectivity index (χ3v) is 4.18. The van der Waals surface area contributed by atoms with Crippen molar-refractivity contribution in [2.45, 2.75) is 51.5 Å². The van der Waals surface area contributed by atoms with Crippen molar-refractivity contribution in [1.29, 1.82) is 0 Å². The standard InChI is InChI=1S/C13H26N2/c1-13(2)11-14-8-9-15(13)10-12-6-4-3-5-7-12/h12,14H,3-11H2,1-2H3. The molecule has 0 unspecified atom stereocenters. The topological polar surface area (TPSA) is 15.3 Å². The molecule has 0 spiro atoms. The zero-order valence-corrected chi connectivity index (χ0v) is 10.4. The molecule has 2 nitrogen and oxygen atoms in total. The molecular formula is C13H26N2. The van der Waals surface area contributed by atoms with Crippen LogP contribution >= 0.6 is 0 Å². The predicted molar refractivity (Wildman–Crippen MR) is 65.1 cm³/mol. The van der Waals surface area contributed by atoms with Crippen LogP contribution in [-0.2, 0) is 0 Å². The average molecular weight is 210 g/mol. The van der Waals surface area contributed by atoms with E-state index in [1.54, 1.807) is 0 Å². The lowest BCUT2D eigenvalue weighted by molar-refractivity contribution is 0.0651. The molecule has 1 aliphatic carbocycles. The van der Waals surface area contributed by atoms with Crippen molar-refractivity contribution in [2.75, 3.05) is 26.2 Å². The van der Waals surface area contributed by atoms with Gasteiger partial charge in [0.15, 0.2) is 0 Å². The summed E-state index contributed by atoms with van der Waals surface area (Å²) in [4.78, 5) is 2.71. The van der Waals surface area contributed by atoms with E-state index in [9.17, 15) is 0 Å². The lowest BCUT2D eigenvalue weighted by Gasteiger charge is -2.44. The van der Waals surface area contributed by atoms with Crippen molar-refractivity contribution < 1.29 is 0 Å². The van der Waals surface area contributed by atoms with E-state index in [0.29, 0.717) is 5.54 Å². The average Bonchev–Trinajstić information content (AvgIpc) is 2.23. The van der Waals surface area contributed by atoms with Gasteiger partial charge in [0.05, 0.1) is 0 Å². The highest BCUT2D eigenvalue weighted by Gasteiger charge is 2.31. The highest BCUT2D eigenvalue weighted by Crippen LogP contribution is 2.27. The second-order valence-corrected chi connectivity index (χ2v) is 5.94. The van der Waals surface area contributed by atoms with Crippen LogP contribution in [0.2, 0.25) is 0 Å². The molecule has 0 aromatic heterocycles. The first-order valence-corrected chi connectivity index (χ1v) is 6.64. The molecule has 1 aliphatic heterocycles. The third-order valence-electron chi connectivity index (χ3n) is 4.18. The van der Waals surface area contributed by atoms with Crippen molar-refractivity contribution >= 4 is 0 Å². The van der Waals surface area contributed by atoms with E-state index >= 15 is 0 Å². The fourth-order valence-electron chi connectivity index (χ4n) is 3.04. The molecule has 2 aliphatic rings. The molecule has 1 N–H and O–H groups in total. The molecule has 0 amide bonds. The van der Waals surface area contributed by atoms with Gasteiger partial charge >= 0.3 is 0 Å². The molecule has 88 valence electrons. The van der Waals surface area contributed by atoms with E-state index in [1.807, 2.05) is 0 Å². The molecule has 2 rings (SSSR count). The number of nitrogens with one attached hydrogen (secondary N) is 1. The molecule has 0 aromatic rings. The number of nitrogens with zero attached hydrogens (tertiary/aromatic N) is 1. The lowest BCUT2D eigenvalue weighted by atomic mass is 9.87. The maximum absolute atomic E-state index is 3.50. The molecule has 1 heterocycles. The molecule has 2 heteroatoms. The van der Waals surface area contributed by atoms with Gasteiger partial charge in [0.25, 0.3) is 0 Å². The van der Waals surface area contributed by atoms with Crippen LogP contribution in [0.5, 0.6) is 0 Å². The number of hydrogen-bond donors (Lipinski definition) is 1. The first-order valence-electron chi connectivity index (χ1n) is 6.64. The predicted octanol–water partition coefficient (Wildman–Crippen LogP) is 2.25. The minimum atomic E-state index is 0.371. The smallest absolute Gasteiger partial charge is 0.0278 e. The molecule has 2 fully saturated rings. The summed E-state index contributed by atoms with van der Waals surface area (Å²) in [7, 11) is 0. The Morgan fingerprint density at radius 1 is 1.20 bits per heavy atom. The first kappa shape index (κ1) is 11.4. The summed E-state index contributed by atoms with van der Waals surface area (Å²) < 4.78 is 0. The highest BCUT2D eigenvalue weighted by atomic mass is 15.2. The number of hydrogen-bond acceptors (Lipinski definition) is 2. The Balaban J connectivity index is 1.85. The van der Waals surface area contributed by atoms with Crippen molar-refractivity contribution in [2.24, 2.45) is 5.92 Å². The fraction of sp³-hybridized carbons (Fsp3) is 1.00. The number of rotatable bonds is 2. The Labute approximate surface area is 94.4 Å². The van der Waals surface area contributed by atoms with Gasteiger partial charge in [-0.15, -0.1) is 0 Å². The van der Waals surface area contributed by atoms with Crippen molar-refractivity contribution in [1.82, 2.24) is 10.2 Å². The highest BCUT2D eigenvalue weighted by molar-refractivity contribution is 4.89. The summed E-state index contributed by atoms with van der Waals surface area (Å²) in [5.74, 6) is 0.983. The van der Waals surface area contributed by atoms with Gasteiger partial charge in [-0.3, -0.25) is 4.90 Å². The van der Waals surface area contributed by atoms with Gasteiger partial charge < -0.3 is 5.32 Å². The molecule has 0 radical (unpaired) electrons. The van der Waals surface area contributed by atoms with Crippen molar-refractivity contribution in [3.05, 3.63) is 0 Å². The second-order valence-electron chi connectivity index (χ2n) is 5.94. The largest absolute Gasteiger partial charge is 0.314 e. The Bertz CT molecular complexity index is 195. The van der Waals surface area contributed by atoms with Gasteiger partial charge in [0.1, 0.15) is 0 Å². The van der Waals surface area contributed by atoms with Crippen LogP contribution in [0.4, 0.5) is 0 Å². The van der Waals surface area contributed by atoms with Gasteiger partial charge in [-0.05, 0) is 32.6 Å². The molecule has 1 saturated heterocycles. The summed E-state index contributed by atoms with van der Waals surface area (Å²) in [6.45, 7) is 9.66. The minimum Gasteiger partial charge on any atom is -0.314 e. The Hall–Kier alpha value is -0.0800. The van der Waals surface area contributed by atoms with Crippen molar-refractivity contribution in [3.63, 3.8) is 0 Å². The summed E-state index contributed by atoms with van der Waals surface area (Å²) in [6.07, 6.45) is 7.36. The lowest BCUT2D eigenvalue weighted by Crippen LogP contribution is -2.58. The minimum absolute atomic E-state index is 0.371. The van der Waals surface area contributed by atoms with Gasteiger partial charge in [-0.25, -0.2) is 0 Å². The van der Waals surface area contributed by atoms with Crippen LogP contribution in [0.3, 0.4) is 0 Å². The molecule has 0 bridgehead atoms. The van der Waals surface area contributed by atoms with Crippen LogP contribution in [-0.4, -0.2) is 36.6 Å². The third kappa shape index (κ3) is 2.94. The van der Waals surface area contributed by atoms with Crippen molar-refractivity contribution in [3.8, 4) is 0 Å². The van der Waals surface area contributed by atoms with E-state index < -0.39 is 0 Å². The Morgan fingerprint density at radius 3 is 2.60 bits per heavy atom. The zero-order valence-electron chi connectivity index (χ0n) is 10.4. The van der Waals surface area contributed by atoms with Gasteiger partial charge in [0.2, 0.25) is 0 Å². The van der Waals surface area contributed by atoms with E-state index in [1.165, 1.54) is 51.7 Å². The van der Waals surface area contributed by atoms with Gasteiger partial charge in [-0.2, -0.15) is 0 Å². The SMILES string of the molecule is CC1(C)CNCCN1CC1CCCCC1. The maximum Gasteiger partial charge on any atom is 0.0278 e. The molecule has 0 atom stereocenters. The van der Waals surface area contributed by atoms with E-state index in [0.717, 1.165) is 12.5 Å². The van der Waals surface area contributed by atoms with E-state index in [2.05, 4.69) is 24.1 Å². The summed E-state index contributed by atoms with van der Waals surface area (Å²) in [5.41, 5.74) is 0.371. The van der Waals surface area contributed by atoms with Crippen LogP contribution < -0.4 is 5.32 Å². The quantitative estimate of drug-likeness (QED) is 0.752. The van der Waals surface area contributed by atoms with Gasteiger partial charge in [-0.1, -0.05) is 19.3 Å². The molecule has 0 aromatic carbocycles. The summed E-state index contributed by atoms with van der Waals surface area (Å²) in [6, 6.07) is 0. The van der Waals surface area contributed by atoms with Crippen LogP contribution in [0.15, 0.2) is 0 Å². The molecule has 15 heavy (non-hydrogen) atoms. The zero-order chi connectivity index (χ0) is 10.7. The molecule has 1 saturated carbocycles. The second kappa shape index (κ2) is 4.84. The maximum atomic E-state index is 3.50. The van der Waals surface area contributed by atoms with Crippen LogP contribution in [0.1, 0.15) is 46.0 Å². The van der Waals surface area contributed by atoms with E-state index in [4.69, 9.17) is 0 Å². The normalized spacial score (nSPS) is 29.2. The summed E-state index contributed by atoms with van der Waals surface area (Å²) in [5, 5.41) is 3.50. The van der Waals surface area contributed by atoms with Crippen LogP contribution in [0, 0.1) is 5.92 Å².